The summed E-state index contributed by atoms with van der Waals surface area (Å²) in [5, 5.41) is 11.3. The van der Waals surface area contributed by atoms with Gasteiger partial charge in [0.25, 0.3) is 0 Å². The molecule has 1 heterocycles. The van der Waals surface area contributed by atoms with Gasteiger partial charge in [-0.3, -0.25) is 28.9 Å². The molecule has 3 aliphatic carbocycles. The van der Waals surface area contributed by atoms with Crippen LogP contribution in [-0.4, -0.2) is 41.4 Å². The molecule has 0 saturated carbocycles. The second kappa shape index (κ2) is 11.4. The van der Waals surface area contributed by atoms with Crippen LogP contribution in [0.4, 0.5) is 5.69 Å². The van der Waals surface area contributed by atoms with Gasteiger partial charge in [-0.2, -0.15) is 0 Å². The lowest BCUT2D eigenvalue weighted by Crippen LogP contribution is -2.39. The number of amides is 2. The van der Waals surface area contributed by atoms with Crippen LogP contribution in [0, 0.1) is 17.8 Å². The third kappa shape index (κ3) is 4.65. The zero-order valence-corrected chi connectivity index (χ0v) is 27.5. The summed E-state index contributed by atoms with van der Waals surface area (Å²) in [7, 11) is 1.42. The number of Topliss-reactive ketones (excluding diaryl/α,β-unsaturated/α-hetero) is 1. The van der Waals surface area contributed by atoms with Gasteiger partial charge in [-0.05, 0) is 71.1 Å². The van der Waals surface area contributed by atoms with E-state index >= 15 is 0 Å². The molecule has 4 unspecified atom stereocenters. The average molecular weight is 743 g/mol. The molecule has 3 aromatic carbocycles. The molecule has 1 N–H and O–H groups in total. The largest absolute Gasteiger partial charge is 0.504 e. The number of halogens is 2. The number of hydrogen-bond donors (Lipinski definition) is 1. The molecule has 0 spiro atoms. The molecule has 4 atom stereocenters. The van der Waals surface area contributed by atoms with Crippen molar-refractivity contribution in [3.63, 3.8) is 0 Å². The summed E-state index contributed by atoms with van der Waals surface area (Å²) in [6.07, 6.45) is 3.46. The van der Waals surface area contributed by atoms with E-state index in [9.17, 15) is 29.1 Å². The molecule has 1 aliphatic heterocycles. The van der Waals surface area contributed by atoms with Crippen molar-refractivity contribution in [3.8, 4) is 11.5 Å². The number of aromatic hydroxyl groups is 1. The first-order valence-corrected chi connectivity index (χ1v) is 16.2. The highest BCUT2D eigenvalue weighted by Gasteiger charge is 2.57. The molecular weight excluding hydrogens is 718 g/mol. The van der Waals surface area contributed by atoms with Crippen molar-refractivity contribution < 1.29 is 33.8 Å². The summed E-state index contributed by atoms with van der Waals surface area (Å²) in [6.45, 7) is 0. The fourth-order valence-electron chi connectivity index (χ4n) is 7.30. The number of allylic oxidation sites excluding steroid dienone is 6. The van der Waals surface area contributed by atoms with E-state index in [0.717, 1.165) is 0 Å². The Bertz CT molecular complexity index is 1980. The first-order valence-electron chi connectivity index (χ1n) is 14.6. The molecule has 0 aromatic heterocycles. The number of anilines is 1. The van der Waals surface area contributed by atoms with Crippen LogP contribution < -0.4 is 9.64 Å². The van der Waals surface area contributed by atoms with Crippen LogP contribution in [0.1, 0.15) is 40.2 Å². The van der Waals surface area contributed by atoms with E-state index < -0.39 is 29.6 Å². The number of carbonyl (C=O) groups is 5. The first-order chi connectivity index (χ1) is 22.1. The molecule has 4 aliphatic rings. The molecule has 7 rings (SSSR count). The van der Waals surface area contributed by atoms with Gasteiger partial charge in [-0.15, -0.1) is 0 Å². The lowest BCUT2D eigenvalue weighted by Gasteiger charge is -2.42. The van der Waals surface area contributed by atoms with Crippen molar-refractivity contribution in [1.29, 1.82) is 0 Å². The van der Waals surface area contributed by atoms with E-state index in [1.54, 1.807) is 60.7 Å². The number of methoxy groups -OCH3 is 1. The highest BCUT2D eigenvalue weighted by Crippen LogP contribution is 2.57. The Morgan fingerprint density at radius 1 is 0.913 bits per heavy atom. The van der Waals surface area contributed by atoms with Gasteiger partial charge < -0.3 is 9.84 Å². The normalized spacial score (nSPS) is 23.8. The predicted octanol–water partition coefficient (Wildman–Crippen LogP) is 6.36. The lowest BCUT2D eigenvalue weighted by atomic mass is 9.59. The maximum Gasteiger partial charge on any atom is 0.238 e. The van der Waals surface area contributed by atoms with Gasteiger partial charge in [-0.1, -0.05) is 57.9 Å². The molecule has 10 heteroatoms. The van der Waals surface area contributed by atoms with Gasteiger partial charge in [0, 0.05) is 44.3 Å². The van der Waals surface area contributed by atoms with Crippen molar-refractivity contribution >= 4 is 66.7 Å². The van der Waals surface area contributed by atoms with Crippen LogP contribution >= 0.6 is 31.9 Å². The standard InChI is InChI=1S/C36H25Br2NO7/c1-46-28-14-19(37)13-24(34(28)43)29-21-11-12-22-30(23(21)15-25-31(29)27(40)16-26(38)33(25)42)36(45)39(35(22)44)20-9-7-18(8-10-20)32(41)17-5-3-2-4-6-17/h2-11,13-14,16,22-23,29-30,43H,12,15H2,1H3. The van der Waals surface area contributed by atoms with Gasteiger partial charge in [0.05, 0.1) is 29.1 Å². The van der Waals surface area contributed by atoms with Crippen LogP contribution in [0.2, 0.25) is 0 Å². The number of benzene rings is 3. The fourth-order valence-corrected chi connectivity index (χ4v) is 8.21. The molecule has 0 bridgehead atoms. The number of ether oxygens (including phenoxy) is 1. The number of phenolic OH excluding ortho intramolecular Hbond substituents is 1. The topological polar surface area (TPSA) is 118 Å². The maximum absolute atomic E-state index is 14.2. The van der Waals surface area contributed by atoms with Gasteiger partial charge in [-0.25, -0.2) is 0 Å². The van der Waals surface area contributed by atoms with Crippen molar-refractivity contribution in [2.75, 3.05) is 12.0 Å². The van der Waals surface area contributed by atoms with E-state index in [1.165, 1.54) is 18.1 Å². The number of phenols is 1. The van der Waals surface area contributed by atoms with Gasteiger partial charge in [0.15, 0.2) is 28.8 Å². The zero-order valence-electron chi connectivity index (χ0n) is 24.3. The minimum atomic E-state index is -0.838. The van der Waals surface area contributed by atoms with E-state index in [2.05, 4.69) is 31.9 Å². The van der Waals surface area contributed by atoms with E-state index in [1.807, 2.05) is 12.1 Å². The maximum atomic E-state index is 14.2. The van der Waals surface area contributed by atoms with Crippen molar-refractivity contribution in [2.24, 2.45) is 17.8 Å². The molecule has 0 radical (unpaired) electrons. The minimum Gasteiger partial charge on any atom is -0.504 e. The Hall–Kier alpha value is -4.41. The van der Waals surface area contributed by atoms with Crippen LogP contribution in [-0.2, 0) is 19.2 Å². The third-order valence-electron chi connectivity index (χ3n) is 9.35. The van der Waals surface area contributed by atoms with Gasteiger partial charge in [0.2, 0.25) is 11.8 Å². The molecule has 2 amide bonds. The third-order valence-corrected chi connectivity index (χ3v) is 10.4. The molecule has 3 aromatic rings. The van der Waals surface area contributed by atoms with Crippen LogP contribution in [0.5, 0.6) is 11.5 Å². The molecule has 1 fully saturated rings. The highest BCUT2D eigenvalue weighted by molar-refractivity contribution is 9.12. The van der Waals surface area contributed by atoms with Crippen LogP contribution in [0.3, 0.4) is 0 Å². The molecular formula is C36H25Br2NO7. The number of nitrogens with zero attached hydrogens (tertiary/aromatic N) is 1. The van der Waals surface area contributed by atoms with Gasteiger partial charge >= 0.3 is 0 Å². The summed E-state index contributed by atoms with van der Waals surface area (Å²) in [6, 6.07) is 18.5. The minimum absolute atomic E-state index is 0.0929. The quantitative estimate of drug-likeness (QED) is 0.140. The smallest absolute Gasteiger partial charge is 0.238 e. The Balaban J connectivity index is 1.28. The molecule has 8 nitrogen and oxygen atoms in total. The van der Waals surface area contributed by atoms with Crippen molar-refractivity contribution in [1.82, 2.24) is 0 Å². The summed E-state index contributed by atoms with van der Waals surface area (Å²) in [5.74, 6) is -4.56. The summed E-state index contributed by atoms with van der Waals surface area (Å²) < 4.78 is 6.10. The van der Waals surface area contributed by atoms with E-state index in [0.29, 0.717) is 32.4 Å². The Morgan fingerprint density at radius 2 is 1.61 bits per heavy atom. The predicted molar refractivity (Wildman–Crippen MR) is 176 cm³/mol. The second-order valence-electron chi connectivity index (χ2n) is 11.7. The number of rotatable bonds is 5. The fraction of sp³-hybridized carbons (Fsp3) is 0.194. The number of ketones is 3. The van der Waals surface area contributed by atoms with Crippen molar-refractivity contribution in [2.45, 2.75) is 18.8 Å². The first kappa shape index (κ1) is 30.3. The van der Waals surface area contributed by atoms with Crippen molar-refractivity contribution in [3.05, 3.63) is 121 Å². The van der Waals surface area contributed by atoms with E-state index in [4.69, 9.17) is 4.74 Å². The second-order valence-corrected chi connectivity index (χ2v) is 13.5. The summed E-state index contributed by atoms with van der Waals surface area (Å²) in [4.78, 5) is 69.2. The molecule has 1 saturated heterocycles. The lowest BCUT2D eigenvalue weighted by molar-refractivity contribution is -0.123. The Morgan fingerprint density at radius 3 is 2.30 bits per heavy atom. The van der Waals surface area contributed by atoms with Gasteiger partial charge in [0.1, 0.15) is 0 Å². The Kier molecular flexibility index (Phi) is 7.52. The Labute approximate surface area is 280 Å². The monoisotopic (exact) mass is 741 g/mol. The SMILES string of the molecule is COc1cc(Br)cc(C2C3=CCC4C(=O)N(c5ccc(C(=O)c6ccccc6)cc5)C(=O)C4C3CC3=C2C(=O)C=C(Br)C3=O)c1O. The zero-order chi connectivity index (χ0) is 32.4. The highest BCUT2D eigenvalue weighted by atomic mass is 79.9. The van der Waals surface area contributed by atoms with E-state index in [-0.39, 0.29) is 63.2 Å². The number of carbonyl (C=O) groups excluding carboxylic acids is 5. The number of imide groups is 1. The number of fused-ring (bicyclic) bond motifs is 3. The summed E-state index contributed by atoms with van der Waals surface area (Å²) in [5.41, 5.74) is 2.87. The van der Waals surface area contributed by atoms with Crippen LogP contribution in [0.15, 0.2) is 105 Å². The van der Waals surface area contributed by atoms with Crippen LogP contribution in [0.25, 0.3) is 0 Å². The summed E-state index contributed by atoms with van der Waals surface area (Å²) >= 11 is 6.70. The molecule has 230 valence electrons. The average Bonchev–Trinajstić information content (AvgIpc) is 3.32. The molecule has 46 heavy (non-hydrogen) atoms. The number of hydrogen-bond acceptors (Lipinski definition) is 7.